The van der Waals surface area contributed by atoms with Gasteiger partial charge in [0.1, 0.15) is 0 Å². The normalized spacial score (nSPS) is 14.6. The van der Waals surface area contributed by atoms with Gasteiger partial charge in [-0.25, -0.2) is 4.79 Å². The molecule has 1 atom stereocenters. The average molecular weight is 229 g/mol. The van der Waals surface area contributed by atoms with E-state index in [9.17, 15) is 4.79 Å². The predicted molar refractivity (Wildman–Crippen MR) is 58.1 cm³/mol. The highest BCUT2D eigenvalue weighted by atomic mass is 35.5. The maximum atomic E-state index is 11.1. The van der Waals surface area contributed by atoms with Gasteiger partial charge in [0.05, 0.1) is 0 Å². The number of halogens is 1. The second kappa shape index (κ2) is 4.64. The van der Waals surface area contributed by atoms with Gasteiger partial charge in [0, 0.05) is 11.6 Å². The zero-order chi connectivity index (χ0) is 11.5. The Balaban J connectivity index is 3.09. The molecule has 0 spiro atoms. The smallest absolute Gasteiger partial charge is 0.340 e. The number of rotatable bonds is 4. The molecule has 0 saturated carbocycles. The summed E-state index contributed by atoms with van der Waals surface area (Å²) in [7, 11) is 0. The Kier molecular flexibility index (Phi) is 3.72. The van der Waals surface area contributed by atoms with Crippen molar-refractivity contribution in [2.24, 2.45) is 0 Å². The molecule has 1 N–H and O–H groups in total. The van der Waals surface area contributed by atoms with Gasteiger partial charge in [-0.2, -0.15) is 0 Å². The molecule has 15 heavy (non-hydrogen) atoms. The van der Waals surface area contributed by atoms with Gasteiger partial charge < -0.3 is 9.84 Å². The minimum Gasteiger partial charge on any atom is -0.479 e. The van der Waals surface area contributed by atoms with Crippen LogP contribution in [0, 0.1) is 0 Å². The summed E-state index contributed by atoms with van der Waals surface area (Å²) in [5.74, 6) is -1.01. The summed E-state index contributed by atoms with van der Waals surface area (Å²) in [6.45, 7) is 3.63. The predicted octanol–water partition coefficient (Wildman–Crippen LogP) is 2.68. The number of benzene rings is 1. The fraction of sp³-hybridized carbons (Fsp3) is 0.364. The van der Waals surface area contributed by atoms with E-state index < -0.39 is 11.6 Å². The number of ether oxygens (including phenoxy) is 1. The molecule has 1 unspecified atom stereocenters. The molecular weight excluding hydrogens is 216 g/mol. The van der Waals surface area contributed by atoms with Gasteiger partial charge in [-0.15, -0.1) is 0 Å². The van der Waals surface area contributed by atoms with Crippen molar-refractivity contribution < 1.29 is 14.6 Å². The third-order valence-electron chi connectivity index (χ3n) is 2.24. The van der Waals surface area contributed by atoms with Crippen LogP contribution in [0.2, 0.25) is 5.02 Å². The molecule has 0 bridgehead atoms. The third-order valence-corrected chi connectivity index (χ3v) is 2.49. The molecule has 0 fully saturated rings. The van der Waals surface area contributed by atoms with Gasteiger partial charge in [0.15, 0.2) is 5.60 Å². The van der Waals surface area contributed by atoms with Crippen molar-refractivity contribution in [3.8, 4) is 0 Å². The Hall–Kier alpha value is -1.06. The molecular formula is C11H13ClO3. The Bertz CT molecular complexity index is 347. The molecule has 0 heterocycles. The van der Waals surface area contributed by atoms with Crippen molar-refractivity contribution >= 4 is 17.6 Å². The van der Waals surface area contributed by atoms with Gasteiger partial charge >= 0.3 is 5.97 Å². The molecule has 4 heteroatoms. The number of hydrogen-bond donors (Lipinski definition) is 1. The molecule has 82 valence electrons. The van der Waals surface area contributed by atoms with E-state index in [-0.39, 0.29) is 0 Å². The summed E-state index contributed by atoms with van der Waals surface area (Å²) < 4.78 is 5.27. The minimum atomic E-state index is -1.31. The van der Waals surface area contributed by atoms with Crippen LogP contribution in [0.3, 0.4) is 0 Å². The third kappa shape index (κ3) is 2.49. The first-order valence-corrected chi connectivity index (χ1v) is 5.02. The number of carbonyl (C=O) groups is 1. The lowest BCUT2D eigenvalue weighted by molar-refractivity contribution is -0.164. The van der Waals surface area contributed by atoms with Crippen LogP contribution in [0.5, 0.6) is 0 Å². The number of aliphatic carboxylic acids is 1. The van der Waals surface area contributed by atoms with Gasteiger partial charge in [0.25, 0.3) is 0 Å². The van der Waals surface area contributed by atoms with Gasteiger partial charge in [-0.05, 0) is 31.5 Å². The largest absolute Gasteiger partial charge is 0.479 e. The molecule has 0 aliphatic rings. The van der Waals surface area contributed by atoms with Crippen molar-refractivity contribution in [2.75, 3.05) is 6.61 Å². The molecule has 0 amide bonds. The molecule has 3 nitrogen and oxygen atoms in total. The number of carboxylic acids is 1. The summed E-state index contributed by atoms with van der Waals surface area (Å²) in [6.07, 6.45) is 0. The van der Waals surface area contributed by atoms with Crippen molar-refractivity contribution in [1.82, 2.24) is 0 Å². The minimum absolute atomic E-state index is 0.339. The molecule has 0 aliphatic heterocycles. The molecule has 0 radical (unpaired) electrons. The highest BCUT2D eigenvalue weighted by Gasteiger charge is 2.35. The lowest BCUT2D eigenvalue weighted by Gasteiger charge is -2.25. The van der Waals surface area contributed by atoms with E-state index in [1.807, 2.05) is 0 Å². The van der Waals surface area contributed by atoms with Crippen LogP contribution in [0.1, 0.15) is 19.4 Å². The first kappa shape index (κ1) is 12.0. The van der Waals surface area contributed by atoms with Gasteiger partial charge in [-0.1, -0.05) is 23.7 Å². The molecule has 0 saturated heterocycles. The summed E-state index contributed by atoms with van der Waals surface area (Å²) in [5.41, 5.74) is -0.722. The fourth-order valence-electron chi connectivity index (χ4n) is 1.33. The highest BCUT2D eigenvalue weighted by molar-refractivity contribution is 6.30. The van der Waals surface area contributed by atoms with Crippen LogP contribution in [-0.4, -0.2) is 17.7 Å². The standard InChI is InChI=1S/C11H13ClO3/c1-3-15-11(2,10(13)14)8-4-6-9(12)7-5-8/h4-7H,3H2,1-2H3,(H,13,14). The van der Waals surface area contributed by atoms with E-state index in [1.165, 1.54) is 6.92 Å². The van der Waals surface area contributed by atoms with Gasteiger partial charge in [0.2, 0.25) is 0 Å². The second-order valence-electron chi connectivity index (χ2n) is 3.28. The van der Waals surface area contributed by atoms with Crippen molar-refractivity contribution in [3.63, 3.8) is 0 Å². The first-order chi connectivity index (χ1) is 7.00. The Labute approximate surface area is 93.6 Å². The molecule has 1 aromatic carbocycles. The topological polar surface area (TPSA) is 46.5 Å². The Morgan fingerprint density at radius 3 is 2.40 bits per heavy atom. The molecule has 1 rings (SSSR count). The van der Waals surface area contributed by atoms with E-state index in [0.717, 1.165) is 0 Å². The summed E-state index contributed by atoms with van der Waals surface area (Å²) >= 11 is 5.73. The van der Waals surface area contributed by atoms with Crippen LogP contribution < -0.4 is 0 Å². The van der Waals surface area contributed by atoms with Crippen molar-refractivity contribution in [2.45, 2.75) is 19.4 Å². The zero-order valence-electron chi connectivity index (χ0n) is 8.66. The van der Waals surface area contributed by atoms with E-state index in [1.54, 1.807) is 31.2 Å². The fourth-order valence-corrected chi connectivity index (χ4v) is 1.45. The average Bonchev–Trinajstić information content (AvgIpc) is 2.18. The number of hydrogen-bond acceptors (Lipinski definition) is 2. The highest BCUT2D eigenvalue weighted by Crippen LogP contribution is 2.26. The number of carboxylic acid groups (broad SMARTS) is 1. The van der Waals surface area contributed by atoms with Crippen molar-refractivity contribution in [1.29, 1.82) is 0 Å². The zero-order valence-corrected chi connectivity index (χ0v) is 9.41. The van der Waals surface area contributed by atoms with E-state index >= 15 is 0 Å². The van der Waals surface area contributed by atoms with E-state index in [4.69, 9.17) is 21.4 Å². The Morgan fingerprint density at radius 1 is 1.47 bits per heavy atom. The molecule has 0 aromatic heterocycles. The first-order valence-electron chi connectivity index (χ1n) is 4.64. The maximum Gasteiger partial charge on any atom is 0.340 e. The monoisotopic (exact) mass is 228 g/mol. The van der Waals surface area contributed by atoms with E-state index in [0.29, 0.717) is 17.2 Å². The van der Waals surface area contributed by atoms with Gasteiger partial charge in [-0.3, -0.25) is 0 Å². The van der Waals surface area contributed by atoms with Crippen LogP contribution in [-0.2, 0) is 15.1 Å². The second-order valence-corrected chi connectivity index (χ2v) is 3.71. The maximum absolute atomic E-state index is 11.1. The summed E-state index contributed by atoms with van der Waals surface area (Å²) in [6, 6.07) is 6.62. The van der Waals surface area contributed by atoms with Crippen LogP contribution in [0.4, 0.5) is 0 Å². The molecule has 0 aliphatic carbocycles. The Morgan fingerprint density at radius 2 is 2.00 bits per heavy atom. The van der Waals surface area contributed by atoms with Crippen LogP contribution >= 0.6 is 11.6 Å². The van der Waals surface area contributed by atoms with Crippen LogP contribution in [0.15, 0.2) is 24.3 Å². The van der Waals surface area contributed by atoms with E-state index in [2.05, 4.69) is 0 Å². The lowest BCUT2D eigenvalue weighted by Crippen LogP contribution is -2.35. The summed E-state index contributed by atoms with van der Waals surface area (Å²) in [4.78, 5) is 11.1. The summed E-state index contributed by atoms with van der Waals surface area (Å²) in [5, 5.41) is 9.70. The molecule has 1 aromatic rings. The van der Waals surface area contributed by atoms with Crippen molar-refractivity contribution in [3.05, 3.63) is 34.9 Å². The quantitative estimate of drug-likeness (QED) is 0.862. The van der Waals surface area contributed by atoms with Crippen LogP contribution in [0.25, 0.3) is 0 Å². The lowest BCUT2D eigenvalue weighted by atomic mass is 9.96. The SMILES string of the molecule is CCOC(C)(C(=O)O)c1ccc(Cl)cc1.